The Morgan fingerprint density at radius 3 is 2.33 bits per heavy atom. The van der Waals surface area contributed by atoms with Crippen LogP contribution in [0, 0.1) is 23.6 Å². The van der Waals surface area contributed by atoms with E-state index in [0.717, 1.165) is 32.5 Å². The lowest BCUT2D eigenvalue weighted by molar-refractivity contribution is -0.137. The van der Waals surface area contributed by atoms with E-state index in [2.05, 4.69) is 22.1 Å². The number of anilines is 1. The third-order valence-electron chi connectivity index (χ3n) is 9.02. The van der Waals surface area contributed by atoms with Gasteiger partial charge in [0.2, 0.25) is 5.91 Å². The lowest BCUT2D eigenvalue weighted by atomic mass is 9.99. The molecule has 1 saturated carbocycles. The molecule has 5 N–H and O–H groups in total. The molecule has 3 heterocycles. The Morgan fingerprint density at radius 1 is 1.12 bits per heavy atom. The highest BCUT2D eigenvalue weighted by atomic mass is 35.5. The first-order valence-corrected chi connectivity index (χ1v) is 15.0. The van der Waals surface area contributed by atoms with E-state index in [4.69, 9.17) is 11.5 Å². The topological polar surface area (TPSA) is 143 Å². The minimum Gasteiger partial charge on any atom is -0.338 e. The van der Waals surface area contributed by atoms with E-state index in [-0.39, 0.29) is 36.0 Å². The summed E-state index contributed by atoms with van der Waals surface area (Å²) in [4.78, 5) is 47.6. The highest BCUT2D eigenvalue weighted by molar-refractivity contribution is 5.89. The number of benzene rings is 1. The minimum atomic E-state index is -0.970. The standard InChI is InChI=1S/C30H43FN8O3.ClH/c1-4-5-20(38-17-23-22(16-32)24(23)18-38)14-19-6-7-21(15-25(19)31)39-9-8-26(35-29(39)42)34-28(41)37-12-10-36(11-13-37)27(40)30(2,3)33;/h6-9,15,20,22-24H,4-5,10-14,16-18,32-33H2,1-3H3,(H,34,35,41,42);1H. The molecule has 3 fully saturated rings. The molecule has 2 aromatic rings. The first-order valence-electron chi connectivity index (χ1n) is 15.0. The zero-order chi connectivity index (χ0) is 30.2. The van der Waals surface area contributed by atoms with Gasteiger partial charge in [0.1, 0.15) is 11.6 Å². The van der Waals surface area contributed by atoms with Crippen LogP contribution < -0.4 is 22.5 Å². The number of nitrogens with two attached hydrogens (primary N) is 2. The van der Waals surface area contributed by atoms with E-state index in [9.17, 15) is 14.4 Å². The monoisotopic (exact) mass is 618 g/mol. The molecule has 236 valence electrons. The number of nitrogens with one attached hydrogen (secondary N) is 1. The third kappa shape index (κ3) is 7.19. The number of piperazine rings is 1. The van der Waals surface area contributed by atoms with Gasteiger partial charge in [0, 0.05) is 51.5 Å². The highest BCUT2D eigenvalue weighted by Gasteiger charge is 2.55. The predicted octanol–water partition coefficient (Wildman–Crippen LogP) is 2.05. The Bertz CT molecular complexity index is 1360. The molecule has 3 aliphatic rings. The summed E-state index contributed by atoms with van der Waals surface area (Å²) < 4.78 is 16.5. The largest absolute Gasteiger partial charge is 0.354 e. The van der Waals surface area contributed by atoms with E-state index < -0.39 is 17.3 Å². The number of fused-ring (bicyclic) bond motifs is 1. The van der Waals surface area contributed by atoms with Gasteiger partial charge in [-0.05, 0) is 74.8 Å². The van der Waals surface area contributed by atoms with Crippen LogP contribution in [0.15, 0.2) is 35.3 Å². The molecule has 1 aromatic heterocycles. The average molecular weight is 619 g/mol. The summed E-state index contributed by atoms with van der Waals surface area (Å²) in [5, 5.41) is 2.65. The van der Waals surface area contributed by atoms with Crippen molar-refractivity contribution in [2.45, 2.75) is 51.6 Å². The maximum absolute atomic E-state index is 15.3. The van der Waals surface area contributed by atoms with Crippen molar-refractivity contribution >= 4 is 30.2 Å². The summed E-state index contributed by atoms with van der Waals surface area (Å²) in [5.41, 5.74) is 11.2. The molecule has 0 radical (unpaired) electrons. The zero-order valence-electron chi connectivity index (χ0n) is 25.2. The molecule has 2 saturated heterocycles. The van der Waals surface area contributed by atoms with E-state index in [0.29, 0.717) is 61.6 Å². The van der Waals surface area contributed by atoms with Crippen LogP contribution in [0.3, 0.4) is 0 Å². The molecule has 11 nitrogen and oxygen atoms in total. The summed E-state index contributed by atoms with van der Waals surface area (Å²) in [6.45, 7) is 9.73. The first-order chi connectivity index (χ1) is 20.0. The number of carbonyl (C=O) groups excluding carboxylic acids is 2. The second kappa shape index (κ2) is 13.3. The van der Waals surface area contributed by atoms with Crippen LogP contribution in [0.4, 0.5) is 15.0 Å². The Hall–Kier alpha value is -3.06. The average Bonchev–Trinajstić information content (AvgIpc) is 3.43. The molecular formula is C30H44ClFN8O3. The number of urea groups is 1. The number of hydrogen-bond acceptors (Lipinski definition) is 7. The molecule has 0 spiro atoms. The molecular weight excluding hydrogens is 575 g/mol. The van der Waals surface area contributed by atoms with E-state index in [1.54, 1.807) is 35.8 Å². The Balaban J connectivity index is 0.00000423. The van der Waals surface area contributed by atoms with Crippen LogP contribution in [0.2, 0.25) is 0 Å². The van der Waals surface area contributed by atoms with Crippen molar-refractivity contribution in [3.05, 3.63) is 52.3 Å². The lowest BCUT2D eigenvalue weighted by Gasteiger charge is -2.37. The number of likely N-dealkylation sites (tertiary alicyclic amines) is 1. The van der Waals surface area contributed by atoms with Gasteiger partial charge < -0.3 is 21.3 Å². The predicted molar refractivity (Wildman–Crippen MR) is 166 cm³/mol. The maximum atomic E-state index is 15.3. The SMILES string of the molecule is CCCC(Cc1ccc(-n2ccc(NC(=O)N3CCN(C(=O)C(C)(C)N)CC3)nc2=O)cc1F)N1CC2C(CN)C2C1.Cl. The summed E-state index contributed by atoms with van der Waals surface area (Å²) >= 11 is 0. The number of amides is 3. The van der Waals surface area contributed by atoms with Gasteiger partial charge in [0.15, 0.2) is 0 Å². The van der Waals surface area contributed by atoms with Gasteiger partial charge in [-0.15, -0.1) is 12.4 Å². The fourth-order valence-corrected chi connectivity index (χ4v) is 6.56. The smallest absolute Gasteiger partial charge is 0.338 e. The van der Waals surface area contributed by atoms with Crippen molar-refractivity contribution in [3.63, 3.8) is 0 Å². The molecule has 0 bridgehead atoms. The molecule has 1 aromatic carbocycles. The number of aromatic nitrogens is 2. The number of piperidine rings is 1. The number of halogens is 2. The van der Waals surface area contributed by atoms with Crippen molar-refractivity contribution in [1.82, 2.24) is 24.3 Å². The second-order valence-corrected chi connectivity index (χ2v) is 12.5. The Kier molecular flexibility index (Phi) is 10.2. The first kappa shape index (κ1) is 32.8. The van der Waals surface area contributed by atoms with Crippen LogP contribution in [0.1, 0.15) is 39.2 Å². The van der Waals surface area contributed by atoms with Crippen molar-refractivity contribution in [3.8, 4) is 5.69 Å². The maximum Gasteiger partial charge on any atom is 0.354 e. The van der Waals surface area contributed by atoms with Gasteiger partial charge in [0.25, 0.3) is 0 Å². The van der Waals surface area contributed by atoms with Crippen molar-refractivity contribution in [2.24, 2.45) is 29.2 Å². The summed E-state index contributed by atoms with van der Waals surface area (Å²) in [7, 11) is 0. The molecule has 1 aliphatic carbocycles. The Labute approximate surface area is 258 Å². The second-order valence-electron chi connectivity index (χ2n) is 12.5. The van der Waals surface area contributed by atoms with Gasteiger partial charge in [-0.1, -0.05) is 19.4 Å². The van der Waals surface area contributed by atoms with E-state index in [1.807, 2.05) is 0 Å². The van der Waals surface area contributed by atoms with E-state index >= 15 is 4.39 Å². The Morgan fingerprint density at radius 2 is 1.77 bits per heavy atom. The van der Waals surface area contributed by atoms with Crippen molar-refractivity contribution in [2.75, 3.05) is 51.1 Å². The van der Waals surface area contributed by atoms with Gasteiger partial charge in [-0.25, -0.2) is 14.0 Å². The number of hydrogen-bond donors (Lipinski definition) is 3. The van der Waals surface area contributed by atoms with Gasteiger partial charge >= 0.3 is 11.7 Å². The van der Waals surface area contributed by atoms with Crippen LogP contribution in [-0.2, 0) is 11.2 Å². The number of nitrogens with zero attached hydrogens (tertiary/aromatic N) is 5. The van der Waals surface area contributed by atoms with E-state index in [1.165, 1.54) is 22.9 Å². The molecule has 3 atom stereocenters. The molecule has 5 rings (SSSR count). The molecule has 13 heteroatoms. The molecule has 3 unspecified atom stereocenters. The third-order valence-corrected chi connectivity index (χ3v) is 9.02. The quantitative estimate of drug-likeness (QED) is 0.390. The molecule has 2 aliphatic heterocycles. The van der Waals surface area contributed by atoms with Crippen LogP contribution >= 0.6 is 12.4 Å². The van der Waals surface area contributed by atoms with Gasteiger partial charge in [-0.3, -0.25) is 19.6 Å². The summed E-state index contributed by atoms with van der Waals surface area (Å²) in [5.74, 6) is 1.63. The lowest BCUT2D eigenvalue weighted by Crippen LogP contribution is -2.58. The molecule has 43 heavy (non-hydrogen) atoms. The highest BCUT2D eigenvalue weighted by Crippen LogP contribution is 2.51. The van der Waals surface area contributed by atoms with Crippen LogP contribution in [0.25, 0.3) is 5.69 Å². The van der Waals surface area contributed by atoms with Crippen molar-refractivity contribution in [1.29, 1.82) is 0 Å². The fraction of sp³-hybridized carbons (Fsp3) is 0.600. The number of rotatable bonds is 9. The number of carbonyl (C=O) groups is 2. The van der Waals surface area contributed by atoms with Crippen LogP contribution in [0.5, 0.6) is 0 Å². The molecule has 3 amide bonds. The minimum absolute atomic E-state index is 0. The van der Waals surface area contributed by atoms with Crippen LogP contribution in [-0.4, -0.2) is 93.6 Å². The van der Waals surface area contributed by atoms with Crippen molar-refractivity contribution < 1.29 is 14.0 Å². The van der Waals surface area contributed by atoms with Gasteiger partial charge in [0.05, 0.1) is 11.2 Å². The van der Waals surface area contributed by atoms with Gasteiger partial charge in [-0.2, -0.15) is 4.98 Å². The normalized spacial score (nSPS) is 22.5. The zero-order valence-corrected chi connectivity index (χ0v) is 26.0. The fourth-order valence-electron chi connectivity index (χ4n) is 6.56. The summed E-state index contributed by atoms with van der Waals surface area (Å²) in [6, 6.07) is 6.24. The summed E-state index contributed by atoms with van der Waals surface area (Å²) in [6.07, 6.45) is 4.13.